The second-order valence-electron chi connectivity index (χ2n) is 4.77. The van der Waals surface area contributed by atoms with Crippen LogP contribution in [0.4, 0.5) is 0 Å². The highest BCUT2D eigenvalue weighted by Crippen LogP contribution is 2.23. The van der Waals surface area contributed by atoms with E-state index < -0.39 is 6.10 Å². The lowest BCUT2D eigenvalue weighted by Gasteiger charge is -2.19. The van der Waals surface area contributed by atoms with E-state index in [0.717, 1.165) is 23.2 Å². The maximum atomic E-state index is 9.90. The van der Waals surface area contributed by atoms with Crippen molar-refractivity contribution in [2.75, 3.05) is 19.8 Å². The van der Waals surface area contributed by atoms with Crippen LogP contribution in [0, 0.1) is 0 Å². The summed E-state index contributed by atoms with van der Waals surface area (Å²) in [7, 11) is 0. The number of aliphatic hydroxyl groups is 1. The molecule has 3 atom stereocenters. The van der Waals surface area contributed by atoms with Crippen LogP contribution in [-0.2, 0) is 4.74 Å². The lowest BCUT2D eigenvalue weighted by atomic mass is 10.1. The summed E-state index contributed by atoms with van der Waals surface area (Å²) < 4.78 is 11.9. The molecule has 0 spiro atoms. The third-order valence-electron chi connectivity index (χ3n) is 3.26. The fourth-order valence-corrected chi connectivity index (χ4v) is 2.49. The van der Waals surface area contributed by atoms with Gasteiger partial charge in [-0.25, -0.2) is 0 Å². The monoisotopic (exact) mass is 329 g/mol. The van der Waals surface area contributed by atoms with Crippen molar-refractivity contribution < 1.29 is 14.6 Å². The standard InChI is InChI=1S/C14H20BrNO3/c1-10-13(6-7-18-10)16-8-11(17)9-19-14-5-3-2-4-12(14)15/h2-5,10-11,13,16-17H,6-9H2,1H3. The molecule has 0 bridgehead atoms. The second kappa shape index (κ2) is 7.24. The third-order valence-corrected chi connectivity index (χ3v) is 3.91. The van der Waals surface area contributed by atoms with E-state index in [0.29, 0.717) is 12.6 Å². The molecule has 19 heavy (non-hydrogen) atoms. The molecule has 5 heteroatoms. The smallest absolute Gasteiger partial charge is 0.133 e. The Bertz CT molecular complexity index is 402. The van der Waals surface area contributed by atoms with Gasteiger partial charge in [-0.3, -0.25) is 0 Å². The van der Waals surface area contributed by atoms with Crippen LogP contribution in [0.2, 0.25) is 0 Å². The third kappa shape index (κ3) is 4.45. The zero-order chi connectivity index (χ0) is 13.7. The zero-order valence-corrected chi connectivity index (χ0v) is 12.6. The Morgan fingerprint density at radius 1 is 1.53 bits per heavy atom. The van der Waals surface area contributed by atoms with Gasteiger partial charge in [-0.15, -0.1) is 0 Å². The Balaban J connectivity index is 1.70. The largest absolute Gasteiger partial charge is 0.490 e. The molecule has 1 aliphatic rings. The van der Waals surface area contributed by atoms with E-state index in [1.54, 1.807) is 0 Å². The van der Waals surface area contributed by atoms with Crippen LogP contribution in [0.3, 0.4) is 0 Å². The van der Waals surface area contributed by atoms with Crippen LogP contribution in [0.15, 0.2) is 28.7 Å². The van der Waals surface area contributed by atoms with Crippen molar-refractivity contribution >= 4 is 15.9 Å². The Labute approximate surface area is 122 Å². The van der Waals surface area contributed by atoms with Gasteiger partial charge in [0.2, 0.25) is 0 Å². The molecule has 0 aromatic heterocycles. The molecule has 1 heterocycles. The van der Waals surface area contributed by atoms with Crippen LogP contribution in [0.25, 0.3) is 0 Å². The Kier molecular flexibility index (Phi) is 5.63. The van der Waals surface area contributed by atoms with Gasteiger partial charge in [-0.2, -0.15) is 0 Å². The molecular weight excluding hydrogens is 310 g/mol. The number of hydrogen-bond acceptors (Lipinski definition) is 4. The normalized spacial score (nSPS) is 24.4. The van der Waals surface area contributed by atoms with E-state index in [9.17, 15) is 5.11 Å². The molecular formula is C14H20BrNO3. The van der Waals surface area contributed by atoms with Gasteiger partial charge in [-0.05, 0) is 41.4 Å². The molecule has 4 nitrogen and oxygen atoms in total. The summed E-state index contributed by atoms with van der Waals surface area (Å²) in [5.74, 6) is 0.749. The SMILES string of the molecule is CC1OCCC1NCC(O)COc1ccccc1Br. The van der Waals surface area contributed by atoms with Crippen LogP contribution in [-0.4, -0.2) is 43.1 Å². The highest BCUT2D eigenvalue weighted by atomic mass is 79.9. The van der Waals surface area contributed by atoms with E-state index in [1.165, 1.54) is 0 Å². The highest BCUT2D eigenvalue weighted by molar-refractivity contribution is 9.10. The predicted molar refractivity (Wildman–Crippen MR) is 77.5 cm³/mol. The first-order valence-electron chi connectivity index (χ1n) is 6.57. The van der Waals surface area contributed by atoms with Crippen LogP contribution < -0.4 is 10.1 Å². The molecule has 0 amide bonds. The second-order valence-corrected chi connectivity index (χ2v) is 5.63. The fourth-order valence-electron chi connectivity index (χ4n) is 2.09. The van der Waals surface area contributed by atoms with Crippen LogP contribution in [0.1, 0.15) is 13.3 Å². The summed E-state index contributed by atoms with van der Waals surface area (Å²) in [5, 5.41) is 13.2. The maximum Gasteiger partial charge on any atom is 0.133 e. The van der Waals surface area contributed by atoms with Crippen LogP contribution in [0.5, 0.6) is 5.75 Å². The van der Waals surface area contributed by atoms with E-state index >= 15 is 0 Å². The maximum absolute atomic E-state index is 9.90. The molecule has 0 radical (unpaired) electrons. The van der Waals surface area contributed by atoms with Gasteiger partial charge >= 0.3 is 0 Å². The Morgan fingerprint density at radius 3 is 3.00 bits per heavy atom. The number of halogens is 1. The van der Waals surface area contributed by atoms with Gasteiger partial charge in [0, 0.05) is 19.2 Å². The van der Waals surface area contributed by atoms with Crippen molar-refractivity contribution in [2.24, 2.45) is 0 Å². The van der Waals surface area contributed by atoms with Gasteiger partial charge < -0.3 is 19.9 Å². The van der Waals surface area contributed by atoms with Crippen molar-refractivity contribution in [3.8, 4) is 5.75 Å². The van der Waals surface area contributed by atoms with Crippen molar-refractivity contribution in [1.82, 2.24) is 5.32 Å². The number of aliphatic hydroxyl groups excluding tert-OH is 1. The summed E-state index contributed by atoms with van der Waals surface area (Å²) in [6, 6.07) is 7.95. The summed E-state index contributed by atoms with van der Waals surface area (Å²) in [6.07, 6.45) is 0.690. The van der Waals surface area contributed by atoms with Gasteiger partial charge in [0.15, 0.2) is 0 Å². The fraction of sp³-hybridized carbons (Fsp3) is 0.571. The Morgan fingerprint density at radius 2 is 2.32 bits per heavy atom. The number of hydrogen-bond donors (Lipinski definition) is 2. The Hall–Kier alpha value is -0.620. The lowest BCUT2D eigenvalue weighted by molar-refractivity contribution is 0.0895. The highest BCUT2D eigenvalue weighted by Gasteiger charge is 2.24. The minimum absolute atomic E-state index is 0.219. The first-order chi connectivity index (χ1) is 9.16. The molecule has 0 aliphatic carbocycles. The molecule has 3 unspecified atom stereocenters. The summed E-state index contributed by atoms with van der Waals surface area (Å²) in [4.78, 5) is 0. The van der Waals surface area contributed by atoms with Gasteiger partial charge in [0.05, 0.1) is 10.6 Å². The number of para-hydroxylation sites is 1. The van der Waals surface area contributed by atoms with Gasteiger partial charge in [0.1, 0.15) is 18.5 Å². The summed E-state index contributed by atoms with van der Waals surface area (Å²) in [6.45, 7) is 3.64. The van der Waals surface area contributed by atoms with E-state index in [-0.39, 0.29) is 12.7 Å². The summed E-state index contributed by atoms with van der Waals surface area (Å²) in [5.41, 5.74) is 0. The molecule has 1 saturated heterocycles. The van der Waals surface area contributed by atoms with Gasteiger partial charge in [-0.1, -0.05) is 12.1 Å². The predicted octanol–water partition coefficient (Wildman–Crippen LogP) is 1.96. The molecule has 106 valence electrons. The number of ether oxygens (including phenoxy) is 2. The number of nitrogens with one attached hydrogen (secondary N) is 1. The van der Waals surface area contributed by atoms with Gasteiger partial charge in [0.25, 0.3) is 0 Å². The minimum atomic E-state index is -0.528. The number of rotatable bonds is 6. The number of benzene rings is 1. The van der Waals surface area contributed by atoms with E-state index in [4.69, 9.17) is 9.47 Å². The molecule has 2 N–H and O–H groups in total. The lowest BCUT2D eigenvalue weighted by Crippen LogP contribution is -2.41. The van der Waals surface area contributed by atoms with E-state index in [2.05, 4.69) is 28.2 Å². The minimum Gasteiger partial charge on any atom is -0.490 e. The van der Waals surface area contributed by atoms with Crippen molar-refractivity contribution in [2.45, 2.75) is 31.6 Å². The first kappa shape index (κ1) is 14.8. The zero-order valence-electron chi connectivity index (χ0n) is 11.0. The quantitative estimate of drug-likeness (QED) is 0.837. The van der Waals surface area contributed by atoms with Crippen LogP contribution >= 0.6 is 15.9 Å². The van der Waals surface area contributed by atoms with Crippen molar-refractivity contribution in [3.05, 3.63) is 28.7 Å². The topological polar surface area (TPSA) is 50.7 Å². The molecule has 2 rings (SSSR count). The molecule has 1 aliphatic heterocycles. The molecule has 1 aromatic carbocycles. The van der Waals surface area contributed by atoms with Crippen molar-refractivity contribution in [3.63, 3.8) is 0 Å². The summed E-state index contributed by atoms with van der Waals surface area (Å²) >= 11 is 3.41. The van der Waals surface area contributed by atoms with Crippen molar-refractivity contribution in [1.29, 1.82) is 0 Å². The molecule has 0 saturated carbocycles. The average molecular weight is 330 g/mol. The molecule has 1 fully saturated rings. The molecule has 1 aromatic rings. The van der Waals surface area contributed by atoms with E-state index in [1.807, 2.05) is 24.3 Å². The average Bonchev–Trinajstić information content (AvgIpc) is 2.81. The first-order valence-corrected chi connectivity index (χ1v) is 7.36.